The number of benzene rings is 2. The third-order valence-electron chi connectivity index (χ3n) is 6.46. The number of Topliss-reactive ketones (excluding diaryl/α,β-unsaturated/α-hetero) is 1. The van der Waals surface area contributed by atoms with Crippen molar-refractivity contribution < 1.29 is 28.5 Å². The zero-order valence-corrected chi connectivity index (χ0v) is 19.7. The third-order valence-corrected chi connectivity index (χ3v) is 6.46. The highest BCUT2D eigenvalue weighted by Gasteiger charge is 2.33. The van der Waals surface area contributed by atoms with Crippen LogP contribution in [0, 0.1) is 0 Å². The van der Waals surface area contributed by atoms with Gasteiger partial charge in [0.2, 0.25) is 5.78 Å². The van der Waals surface area contributed by atoms with Crippen molar-refractivity contribution >= 4 is 11.9 Å². The van der Waals surface area contributed by atoms with Crippen LogP contribution in [0.5, 0.6) is 23.0 Å². The second kappa shape index (κ2) is 10.0. The molecule has 0 bridgehead atoms. The highest BCUT2D eigenvalue weighted by Crippen LogP contribution is 2.42. The van der Waals surface area contributed by atoms with E-state index < -0.39 is 0 Å². The zero-order valence-electron chi connectivity index (χ0n) is 19.7. The minimum atomic E-state index is -0.139. The summed E-state index contributed by atoms with van der Waals surface area (Å²) in [6, 6.07) is 9.11. The maximum absolute atomic E-state index is 13.1. The Kier molecular flexibility index (Phi) is 6.71. The Morgan fingerprint density at radius 2 is 1.85 bits per heavy atom. The van der Waals surface area contributed by atoms with Gasteiger partial charge in [-0.1, -0.05) is 0 Å². The molecule has 5 rings (SSSR count). The van der Waals surface area contributed by atoms with Crippen LogP contribution in [0.25, 0.3) is 6.08 Å². The normalized spacial score (nSPS) is 19.4. The number of fused-ring (bicyclic) bond motifs is 3. The van der Waals surface area contributed by atoms with E-state index in [0.29, 0.717) is 36.1 Å². The van der Waals surface area contributed by atoms with E-state index in [1.54, 1.807) is 32.4 Å². The molecule has 0 aliphatic carbocycles. The fourth-order valence-corrected chi connectivity index (χ4v) is 4.57. The van der Waals surface area contributed by atoms with Gasteiger partial charge in [-0.05, 0) is 43.3 Å². The van der Waals surface area contributed by atoms with Crippen LogP contribution in [0.1, 0.15) is 27.9 Å². The first-order valence-electron chi connectivity index (χ1n) is 11.6. The van der Waals surface area contributed by atoms with Gasteiger partial charge in [0.1, 0.15) is 29.7 Å². The summed E-state index contributed by atoms with van der Waals surface area (Å²) < 4.78 is 28.3. The lowest BCUT2D eigenvalue weighted by Crippen LogP contribution is -2.39. The smallest absolute Gasteiger partial charge is 0.231 e. The van der Waals surface area contributed by atoms with Crippen molar-refractivity contribution in [2.75, 3.05) is 60.3 Å². The van der Waals surface area contributed by atoms with Gasteiger partial charge in [-0.25, -0.2) is 0 Å². The van der Waals surface area contributed by atoms with Crippen LogP contribution in [0.15, 0.2) is 36.1 Å². The molecule has 0 unspecified atom stereocenters. The number of hydrogen-bond acceptors (Lipinski definition) is 8. The Morgan fingerprint density at radius 3 is 2.65 bits per heavy atom. The molecule has 3 aliphatic heterocycles. The Morgan fingerprint density at radius 1 is 1.03 bits per heavy atom. The number of hydrogen-bond donors (Lipinski definition) is 0. The van der Waals surface area contributed by atoms with Gasteiger partial charge in [0.05, 0.1) is 38.6 Å². The van der Waals surface area contributed by atoms with Crippen molar-refractivity contribution in [3.8, 4) is 23.0 Å². The van der Waals surface area contributed by atoms with E-state index in [9.17, 15) is 4.79 Å². The van der Waals surface area contributed by atoms with E-state index in [2.05, 4.69) is 9.80 Å². The van der Waals surface area contributed by atoms with Gasteiger partial charge in [0.25, 0.3) is 0 Å². The molecule has 1 fully saturated rings. The van der Waals surface area contributed by atoms with Crippen LogP contribution in [0.2, 0.25) is 0 Å². The zero-order chi connectivity index (χ0) is 23.5. The molecule has 0 spiro atoms. The summed E-state index contributed by atoms with van der Waals surface area (Å²) in [5.74, 6) is 2.80. The molecule has 1 saturated heterocycles. The lowest BCUT2D eigenvalue weighted by atomic mass is 10.0. The lowest BCUT2D eigenvalue weighted by Gasteiger charge is -2.31. The largest absolute Gasteiger partial charge is 0.497 e. The fourth-order valence-electron chi connectivity index (χ4n) is 4.57. The van der Waals surface area contributed by atoms with Crippen LogP contribution < -0.4 is 18.9 Å². The molecule has 2 aromatic rings. The second-order valence-electron chi connectivity index (χ2n) is 8.60. The van der Waals surface area contributed by atoms with Crippen molar-refractivity contribution in [2.24, 2.45) is 0 Å². The molecule has 3 aliphatic rings. The molecular weight excluding hydrogens is 436 g/mol. The number of methoxy groups -OCH3 is 2. The average molecular weight is 467 g/mol. The van der Waals surface area contributed by atoms with E-state index in [1.807, 2.05) is 18.2 Å². The molecule has 0 amide bonds. The molecule has 0 atom stereocenters. The van der Waals surface area contributed by atoms with Crippen LogP contribution in [0.4, 0.5) is 0 Å². The maximum Gasteiger partial charge on any atom is 0.231 e. The third kappa shape index (κ3) is 4.61. The van der Waals surface area contributed by atoms with Gasteiger partial charge < -0.3 is 23.7 Å². The van der Waals surface area contributed by atoms with E-state index in [-0.39, 0.29) is 11.5 Å². The Bertz CT molecular complexity index is 1090. The first-order valence-corrected chi connectivity index (χ1v) is 11.6. The molecule has 0 N–H and O–H groups in total. The molecule has 8 heteroatoms. The van der Waals surface area contributed by atoms with Crippen molar-refractivity contribution in [1.82, 2.24) is 9.80 Å². The molecule has 2 aromatic carbocycles. The van der Waals surface area contributed by atoms with Crippen molar-refractivity contribution in [3.63, 3.8) is 0 Å². The molecular formula is C26H30N2O6. The van der Waals surface area contributed by atoms with Gasteiger partial charge >= 0.3 is 0 Å². The molecule has 0 aromatic heterocycles. The first-order chi connectivity index (χ1) is 16.7. The fraction of sp³-hybridized carbons (Fsp3) is 0.423. The number of morpholine rings is 1. The molecule has 3 heterocycles. The Balaban J connectivity index is 1.31. The number of nitrogens with zero attached hydrogens (tertiary/aromatic N) is 2. The van der Waals surface area contributed by atoms with Gasteiger partial charge in [0, 0.05) is 37.8 Å². The van der Waals surface area contributed by atoms with E-state index >= 15 is 0 Å². The minimum Gasteiger partial charge on any atom is -0.497 e. The highest BCUT2D eigenvalue weighted by molar-refractivity contribution is 6.15. The summed E-state index contributed by atoms with van der Waals surface area (Å²) in [6.07, 6.45) is 2.77. The number of allylic oxidation sites excluding steroid dienone is 1. The summed E-state index contributed by atoms with van der Waals surface area (Å²) in [4.78, 5) is 17.8. The number of rotatable bonds is 7. The van der Waals surface area contributed by atoms with Crippen molar-refractivity contribution in [3.05, 3.63) is 52.8 Å². The highest BCUT2D eigenvalue weighted by atomic mass is 16.5. The van der Waals surface area contributed by atoms with Crippen LogP contribution in [0.3, 0.4) is 0 Å². The van der Waals surface area contributed by atoms with Crippen molar-refractivity contribution in [2.45, 2.75) is 13.0 Å². The molecule has 180 valence electrons. The second-order valence-corrected chi connectivity index (χ2v) is 8.60. The van der Waals surface area contributed by atoms with Gasteiger partial charge in [-0.3, -0.25) is 14.6 Å². The number of ketones is 1. The van der Waals surface area contributed by atoms with E-state index in [0.717, 1.165) is 62.7 Å². The summed E-state index contributed by atoms with van der Waals surface area (Å²) in [7, 11) is 3.19. The van der Waals surface area contributed by atoms with E-state index in [4.69, 9.17) is 23.7 Å². The summed E-state index contributed by atoms with van der Waals surface area (Å²) in [5, 5.41) is 0. The SMILES string of the molecule is COc1ccc(/C=C2\Oc3c(ccc4c3CN(CCCN3CCOCC3)CO4)C2=O)c(OC)c1. The number of carbonyl (C=O) groups is 1. The van der Waals surface area contributed by atoms with Gasteiger partial charge in [-0.2, -0.15) is 0 Å². The lowest BCUT2D eigenvalue weighted by molar-refractivity contribution is 0.0329. The Labute approximate surface area is 199 Å². The van der Waals surface area contributed by atoms with Crippen LogP contribution >= 0.6 is 0 Å². The van der Waals surface area contributed by atoms with Crippen LogP contribution in [-0.4, -0.2) is 75.9 Å². The predicted octanol–water partition coefficient (Wildman–Crippen LogP) is 3.19. The predicted molar refractivity (Wildman–Crippen MR) is 127 cm³/mol. The topological polar surface area (TPSA) is 69.7 Å². The summed E-state index contributed by atoms with van der Waals surface area (Å²) in [6.45, 7) is 6.81. The summed E-state index contributed by atoms with van der Waals surface area (Å²) >= 11 is 0. The van der Waals surface area contributed by atoms with Crippen LogP contribution in [-0.2, 0) is 11.3 Å². The Hall–Kier alpha value is -3.07. The standard InChI is InChI=1S/C26H30N2O6/c1-30-19-5-4-18(23(15-19)31-2)14-24-25(29)20-6-7-22-21(26(20)34-24)16-28(17-33-22)9-3-8-27-10-12-32-13-11-27/h4-7,14-15H,3,8-13,16-17H2,1-2H3/b24-14-. The minimum absolute atomic E-state index is 0.139. The molecule has 34 heavy (non-hydrogen) atoms. The number of carbonyl (C=O) groups excluding carboxylic acids is 1. The summed E-state index contributed by atoms with van der Waals surface area (Å²) in [5.41, 5.74) is 2.24. The quantitative estimate of drug-likeness (QED) is 0.577. The number of ether oxygens (including phenoxy) is 5. The van der Waals surface area contributed by atoms with Gasteiger partial charge in [-0.15, -0.1) is 0 Å². The maximum atomic E-state index is 13.1. The average Bonchev–Trinajstić information content (AvgIpc) is 3.20. The monoisotopic (exact) mass is 466 g/mol. The van der Waals surface area contributed by atoms with Crippen molar-refractivity contribution in [1.29, 1.82) is 0 Å². The molecule has 0 radical (unpaired) electrons. The van der Waals surface area contributed by atoms with E-state index in [1.165, 1.54) is 0 Å². The molecule has 0 saturated carbocycles. The first kappa shape index (κ1) is 22.7. The van der Waals surface area contributed by atoms with Gasteiger partial charge in [0.15, 0.2) is 5.76 Å². The molecule has 8 nitrogen and oxygen atoms in total.